The van der Waals surface area contributed by atoms with Gasteiger partial charge in [-0.1, -0.05) is 30.3 Å². The Morgan fingerprint density at radius 3 is 2.36 bits per heavy atom. The molecule has 6 nitrogen and oxygen atoms in total. The number of methoxy groups -OCH3 is 1. The Kier molecular flexibility index (Phi) is 6.31. The van der Waals surface area contributed by atoms with Crippen molar-refractivity contribution >= 4 is 11.8 Å². The molecule has 0 bridgehead atoms. The summed E-state index contributed by atoms with van der Waals surface area (Å²) < 4.78 is 4.84. The van der Waals surface area contributed by atoms with Gasteiger partial charge < -0.3 is 9.72 Å². The van der Waals surface area contributed by atoms with E-state index in [-0.39, 0.29) is 11.8 Å². The molecular formula is C22H29N3O3. The van der Waals surface area contributed by atoms with Crippen LogP contribution in [0.4, 0.5) is 0 Å². The quantitative estimate of drug-likeness (QED) is 0.614. The molecule has 3 rings (SSSR count). The summed E-state index contributed by atoms with van der Waals surface area (Å²) in [6.45, 7) is 10.0. The molecule has 0 saturated carbocycles. The van der Waals surface area contributed by atoms with Crippen molar-refractivity contribution in [2.24, 2.45) is 0 Å². The van der Waals surface area contributed by atoms with Crippen LogP contribution in [0.15, 0.2) is 30.3 Å². The first-order valence-corrected chi connectivity index (χ1v) is 9.74. The summed E-state index contributed by atoms with van der Waals surface area (Å²) in [5.74, 6) is -0.389. The molecule has 1 aliphatic heterocycles. The smallest absolute Gasteiger partial charge is 0.339 e. The molecule has 1 atom stereocenters. The van der Waals surface area contributed by atoms with E-state index in [0.29, 0.717) is 22.5 Å². The van der Waals surface area contributed by atoms with E-state index in [9.17, 15) is 9.59 Å². The number of aromatic amines is 1. The topological polar surface area (TPSA) is 65.6 Å². The fourth-order valence-electron chi connectivity index (χ4n) is 3.93. The normalized spacial score (nSPS) is 16.7. The van der Waals surface area contributed by atoms with Crippen LogP contribution < -0.4 is 0 Å². The third kappa shape index (κ3) is 4.18. The van der Waals surface area contributed by atoms with Crippen LogP contribution >= 0.6 is 0 Å². The highest BCUT2D eigenvalue weighted by molar-refractivity contribution is 6.03. The molecule has 0 aliphatic carbocycles. The summed E-state index contributed by atoms with van der Waals surface area (Å²) in [6, 6.07) is 10.2. The van der Waals surface area contributed by atoms with Gasteiger partial charge in [-0.3, -0.25) is 14.6 Å². The lowest BCUT2D eigenvalue weighted by molar-refractivity contribution is 0.0599. The van der Waals surface area contributed by atoms with E-state index in [1.54, 1.807) is 13.8 Å². The summed E-state index contributed by atoms with van der Waals surface area (Å²) in [5.41, 5.74) is 3.63. The zero-order valence-corrected chi connectivity index (χ0v) is 17.1. The molecule has 0 amide bonds. The van der Waals surface area contributed by atoms with Crippen LogP contribution in [-0.2, 0) is 11.3 Å². The lowest BCUT2D eigenvalue weighted by Crippen LogP contribution is -2.51. The van der Waals surface area contributed by atoms with Crippen molar-refractivity contribution in [2.75, 3.05) is 33.3 Å². The number of ketones is 1. The predicted octanol–water partition coefficient (Wildman–Crippen LogP) is 2.81. The Bertz CT molecular complexity index is 836. The second-order valence-corrected chi connectivity index (χ2v) is 7.45. The molecule has 0 unspecified atom stereocenters. The van der Waals surface area contributed by atoms with Crippen LogP contribution in [0.1, 0.15) is 44.6 Å². The van der Waals surface area contributed by atoms with Crippen LogP contribution in [0, 0.1) is 13.8 Å². The van der Waals surface area contributed by atoms with Crippen LogP contribution in [0.25, 0.3) is 0 Å². The first-order valence-electron chi connectivity index (χ1n) is 9.74. The van der Waals surface area contributed by atoms with Crippen LogP contribution in [-0.4, -0.2) is 65.9 Å². The molecule has 28 heavy (non-hydrogen) atoms. The number of esters is 1. The number of piperazine rings is 1. The molecule has 1 aliphatic rings. The number of nitrogens with zero attached hydrogens (tertiary/aromatic N) is 2. The maximum atomic E-state index is 13.1. The molecule has 150 valence electrons. The van der Waals surface area contributed by atoms with Gasteiger partial charge in [-0.2, -0.15) is 0 Å². The van der Waals surface area contributed by atoms with E-state index >= 15 is 0 Å². The number of benzene rings is 1. The standard InChI is InChI=1S/C22H29N3O3/c1-15-19(22(27)28-4)16(2)23-20(15)21(26)17(3)25-12-10-24(11-13-25)14-18-8-6-5-7-9-18/h5-9,17,23H,10-14H2,1-4H3/t17-/m0/s1. The fourth-order valence-corrected chi connectivity index (χ4v) is 3.93. The lowest BCUT2D eigenvalue weighted by atomic mass is 10.0. The van der Waals surface area contributed by atoms with Crippen molar-refractivity contribution in [3.05, 3.63) is 58.4 Å². The SMILES string of the molecule is COC(=O)c1c(C)[nH]c(C(=O)[C@H](C)N2CCN(Cc3ccccc3)CC2)c1C. The Hall–Kier alpha value is -2.44. The number of rotatable bonds is 6. The number of H-pyrrole nitrogens is 1. The van der Waals surface area contributed by atoms with Crippen molar-refractivity contribution in [1.29, 1.82) is 0 Å². The van der Waals surface area contributed by atoms with Crippen molar-refractivity contribution in [3.8, 4) is 0 Å². The average molecular weight is 383 g/mol. The second-order valence-electron chi connectivity index (χ2n) is 7.45. The molecule has 1 N–H and O–H groups in total. The molecule has 0 radical (unpaired) electrons. The van der Waals surface area contributed by atoms with Gasteiger partial charge in [0, 0.05) is 38.4 Å². The van der Waals surface area contributed by atoms with E-state index in [1.165, 1.54) is 12.7 Å². The first-order chi connectivity index (χ1) is 13.4. The van der Waals surface area contributed by atoms with Gasteiger partial charge in [-0.05, 0) is 31.9 Å². The first kappa shape index (κ1) is 20.3. The number of Topliss-reactive ketones (excluding diaryl/α,β-unsaturated/α-hetero) is 1. The number of ether oxygens (including phenoxy) is 1. The van der Waals surface area contributed by atoms with Crippen molar-refractivity contribution in [3.63, 3.8) is 0 Å². The Balaban J connectivity index is 1.63. The number of aromatic nitrogens is 1. The summed E-state index contributed by atoms with van der Waals surface area (Å²) in [7, 11) is 1.35. The molecule has 6 heteroatoms. The zero-order chi connectivity index (χ0) is 20.3. The largest absolute Gasteiger partial charge is 0.465 e. The maximum Gasteiger partial charge on any atom is 0.339 e. The zero-order valence-electron chi connectivity index (χ0n) is 17.1. The van der Waals surface area contributed by atoms with Gasteiger partial charge in [-0.15, -0.1) is 0 Å². The highest BCUT2D eigenvalue weighted by Gasteiger charge is 2.30. The van der Waals surface area contributed by atoms with Crippen molar-refractivity contribution in [2.45, 2.75) is 33.4 Å². The number of nitrogens with one attached hydrogen (secondary N) is 1. The number of hydrogen-bond acceptors (Lipinski definition) is 5. The fraction of sp³-hybridized carbons (Fsp3) is 0.455. The minimum Gasteiger partial charge on any atom is -0.465 e. The van der Waals surface area contributed by atoms with Gasteiger partial charge in [0.15, 0.2) is 5.78 Å². The molecule has 1 saturated heterocycles. The lowest BCUT2D eigenvalue weighted by Gasteiger charge is -2.37. The van der Waals surface area contributed by atoms with E-state index in [4.69, 9.17) is 4.74 Å². The summed E-state index contributed by atoms with van der Waals surface area (Å²) in [6.07, 6.45) is 0. The minimum atomic E-state index is -0.410. The summed E-state index contributed by atoms with van der Waals surface area (Å²) >= 11 is 0. The highest BCUT2D eigenvalue weighted by atomic mass is 16.5. The molecule has 1 fully saturated rings. The van der Waals surface area contributed by atoms with Gasteiger partial charge in [0.05, 0.1) is 24.4 Å². The Labute approximate surface area is 166 Å². The van der Waals surface area contributed by atoms with Gasteiger partial charge in [0.25, 0.3) is 0 Å². The molecule has 2 heterocycles. The molecule has 2 aromatic rings. The summed E-state index contributed by atoms with van der Waals surface area (Å²) in [5, 5.41) is 0. The molecule has 1 aromatic heterocycles. The number of carbonyl (C=O) groups excluding carboxylic acids is 2. The Morgan fingerprint density at radius 1 is 1.11 bits per heavy atom. The number of hydrogen-bond donors (Lipinski definition) is 1. The molecule has 0 spiro atoms. The maximum absolute atomic E-state index is 13.1. The van der Waals surface area contributed by atoms with E-state index in [1.807, 2.05) is 13.0 Å². The Morgan fingerprint density at radius 2 is 1.75 bits per heavy atom. The summed E-state index contributed by atoms with van der Waals surface area (Å²) in [4.78, 5) is 32.8. The van der Waals surface area contributed by atoms with Crippen molar-refractivity contribution in [1.82, 2.24) is 14.8 Å². The monoisotopic (exact) mass is 383 g/mol. The van der Waals surface area contributed by atoms with E-state index in [0.717, 1.165) is 32.7 Å². The van der Waals surface area contributed by atoms with Gasteiger partial charge >= 0.3 is 5.97 Å². The highest BCUT2D eigenvalue weighted by Crippen LogP contribution is 2.22. The average Bonchev–Trinajstić information content (AvgIpc) is 3.01. The van der Waals surface area contributed by atoms with Crippen LogP contribution in [0.3, 0.4) is 0 Å². The van der Waals surface area contributed by atoms with Gasteiger partial charge in [0.1, 0.15) is 0 Å². The third-order valence-corrected chi connectivity index (χ3v) is 5.66. The predicted molar refractivity (Wildman–Crippen MR) is 109 cm³/mol. The van der Waals surface area contributed by atoms with Crippen molar-refractivity contribution < 1.29 is 14.3 Å². The van der Waals surface area contributed by atoms with Crippen LogP contribution in [0.5, 0.6) is 0 Å². The van der Waals surface area contributed by atoms with Gasteiger partial charge in [-0.25, -0.2) is 4.79 Å². The van der Waals surface area contributed by atoms with E-state index < -0.39 is 5.97 Å². The molecular weight excluding hydrogens is 354 g/mol. The number of aryl methyl sites for hydroxylation is 1. The van der Waals surface area contributed by atoms with Crippen LogP contribution in [0.2, 0.25) is 0 Å². The minimum absolute atomic E-state index is 0.0206. The third-order valence-electron chi connectivity index (χ3n) is 5.66. The second kappa shape index (κ2) is 8.71. The van der Waals surface area contributed by atoms with E-state index in [2.05, 4.69) is 39.0 Å². The molecule has 1 aromatic carbocycles. The number of carbonyl (C=O) groups is 2. The van der Waals surface area contributed by atoms with Gasteiger partial charge in [0.2, 0.25) is 0 Å².